The summed E-state index contributed by atoms with van der Waals surface area (Å²) in [5.41, 5.74) is 3.02. The van der Waals surface area contributed by atoms with Crippen LogP contribution in [0.3, 0.4) is 0 Å². The van der Waals surface area contributed by atoms with Crippen LogP contribution in [0.25, 0.3) is 0 Å². The Balaban J connectivity index is 1.27. The number of benzene rings is 1. The van der Waals surface area contributed by atoms with Gasteiger partial charge in [0.25, 0.3) is 0 Å². The molecule has 0 saturated heterocycles. The van der Waals surface area contributed by atoms with Crippen LogP contribution in [0.5, 0.6) is 0 Å². The summed E-state index contributed by atoms with van der Waals surface area (Å²) in [5.74, 6) is 5.14. The molecule has 0 aliphatic heterocycles. The van der Waals surface area contributed by atoms with Gasteiger partial charge in [-0.3, -0.25) is 0 Å². The van der Waals surface area contributed by atoms with E-state index in [9.17, 15) is 5.11 Å². The minimum absolute atomic E-state index is 0.0169. The molecule has 0 heterocycles. The summed E-state index contributed by atoms with van der Waals surface area (Å²) < 4.78 is 0. The number of hydrogen-bond donors (Lipinski definition) is 1. The zero-order valence-corrected chi connectivity index (χ0v) is 11.3. The van der Waals surface area contributed by atoms with E-state index in [2.05, 4.69) is 24.3 Å². The molecule has 0 amide bonds. The van der Waals surface area contributed by atoms with Crippen LogP contribution in [0.1, 0.15) is 42.7 Å². The summed E-state index contributed by atoms with van der Waals surface area (Å²) >= 11 is 0. The van der Waals surface area contributed by atoms with Crippen LogP contribution in [-0.4, -0.2) is 11.2 Å². The lowest BCUT2D eigenvalue weighted by atomic mass is 9.74. The van der Waals surface area contributed by atoms with Crippen LogP contribution < -0.4 is 0 Å². The van der Waals surface area contributed by atoms with E-state index in [0.717, 1.165) is 30.1 Å². The SMILES string of the molecule is OC(CC1Cc2ccccc21)C1C2C3CCC(C3)C12. The molecule has 4 aliphatic carbocycles. The largest absolute Gasteiger partial charge is 0.393 e. The van der Waals surface area contributed by atoms with Crippen LogP contribution >= 0.6 is 0 Å². The first-order valence-corrected chi connectivity index (χ1v) is 8.09. The van der Waals surface area contributed by atoms with E-state index in [1.54, 1.807) is 0 Å². The minimum atomic E-state index is -0.0169. The van der Waals surface area contributed by atoms with Crippen LogP contribution in [0, 0.1) is 29.6 Å². The first-order chi connectivity index (χ1) is 9.33. The van der Waals surface area contributed by atoms with Crippen molar-refractivity contribution in [2.75, 3.05) is 0 Å². The van der Waals surface area contributed by atoms with E-state index < -0.39 is 0 Å². The second-order valence-electron chi connectivity index (χ2n) is 7.47. The summed E-state index contributed by atoms with van der Waals surface area (Å²) in [6.07, 6.45) is 6.61. The van der Waals surface area contributed by atoms with Gasteiger partial charge in [0.15, 0.2) is 0 Å². The Hall–Kier alpha value is -0.820. The Morgan fingerprint density at radius 3 is 2.58 bits per heavy atom. The third kappa shape index (κ3) is 1.40. The molecule has 0 spiro atoms. The van der Waals surface area contributed by atoms with E-state index in [1.165, 1.54) is 36.8 Å². The van der Waals surface area contributed by atoms with Gasteiger partial charge in [0.1, 0.15) is 0 Å². The van der Waals surface area contributed by atoms with Gasteiger partial charge in [-0.1, -0.05) is 24.3 Å². The molecule has 4 aliphatic rings. The van der Waals surface area contributed by atoms with Crippen LogP contribution in [-0.2, 0) is 6.42 Å². The molecule has 1 aromatic carbocycles. The third-order valence-electron chi connectivity index (χ3n) is 6.73. The molecule has 1 aromatic rings. The summed E-state index contributed by atoms with van der Waals surface area (Å²) in [6.45, 7) is 0. The fraction of sp³-hybridized carbons (Fsp3) is 0.667. The van der Waals surface area contributed by atoms with Crippen molar-refractivity contribution in [3.05, 3.63) is 35.4 Å². The minimum Gasteiger partial charge on any atom is -0.393 e. The molecule has 0 radical (unpaired) electrons. The Bertz CT molecular complexity index is 506. The number of fused-ring (bicyclic) bond motifs is 6. The third-order valence-corrected chi connectivity index (χ3v) is 6.73. The average molecular weight is 254 g/mol. The Morgan fingerprint density at radius 2 is 1.84 bits per heavy atom. The van der Waals surface area contributed by atoms with Crippen molar-refractivity contribution in [1.82, 2.24) is 0 Å². The van der Waals surface area contributed by atoms with Crippen molar-refractivity contribution in [1.29, 1.82) is 0 Å². The molecule has 6 atom stereocenters. The lowest BCUT2D eigenvalue weighted by molar-refractivity contribution is 0.109. The predicted octanol–water partition coefficient (Wildman–Crippen LogP) is 3.37. The van der Waals surface area contributed by atoms with Gasteiger partial charge >= 0.3 is 0 Å². The van der Waals surface area contributed by atoms with Gasteiger partial charge in [-0.05, 0) is 78.7 Å². The van der Waals surface area contributed by atoms with Crippen molar-refractivity contribution in [3.8, 4) is 0 Å². The lowest BCUT2D eigenvalue weighted by Crippen LogP contribution is -2.25. The maximum atomic E-state index is 10.6. The molecule has 1 heteroatoms. The van der Waals surface area contributed by atoms with Gasteiger partial charge in [0, 0.05) is 0 Å². The molecular formula is C18H22O. The van der Waals surface area contributed by atoms with Crippen molar-refractivity contribution in [3.63, 3.8) is 0 Å². The summed E-state index contributed by atoms with van der Waals surface area (Å²) in [5, 5.41) is 10.6. The lowest BCUT2D eigenvalue weighted by Gasteiger charge is -2.32. The quantitative estimate of drug-likeness (QED) is 0.877. The van der Waals surface area contributed by atoms with E-state index >= 15 is 0 Å². The summed E-state index contributed by atoms with van der Waals surface area (Å²) in [6, 6.07) is 8.77. The predicted molar refractivity (Wildman–Crippen MR) is 74.8 cm³/mol. The highest BCUT2D eigenvalue weighted by molar-refractivity contribution is 5.40. The summed E-state index contributed by atoms with van der Waals surface area (Å²) in [7, 11) is 0. The van der Waals surface area contributed by atoms with Gasteiger partial charge in [0.2, 0.25) is 0 Å². The standard InChI is InChI=1S/C18H22O/c19-15(9-13-7-10-3-1-2-4-14(10)13)18-16-11-5-6-12(8-11)17(16)18/h1-4,11-13,15-19H,5-9H2. The van der Waals surface area contributed by atoms with Crippen LogP contribution in [0.15, 0.2) is 24.3 Å². The van der Waals surface area contributed by atoms with Gasteiger partial charge < -0.3 is 5.11 Å². The van der Waals surface area contributed by atoms with Crippen molar-refractivity contribution < 1.29 is 5.11 Å². The van der Waals surface area contributed by atoms with Gasteiger partial charge in [-0.15, -0.1) is 0 Å². The molecule has 6 unspecified atom stereocenters. The fourth-order valence-electron chi connectivity index (χ4n) is 5.93. The van der Waals surface area contributed by atoms with Crippen molar-refractivity contribution >= 4 is 0 Å². The highest BCUT2D eigenvalue weighted by Gasteiger charge is 2.66. The average Bonchev–Trinajstić information content (AvgIpc) is 2.85. The fourth-order valence-corrected chi connectivity index (χ4v) is 5.93. The van der Waals surface area contributed by atoms with Crippen molar-refractivity contribution in [2.24, 2.45) is 29.6 Å². The first-order valence-electron chi connectivity index (χ1n) is 8.09. The van der Waals surface area contributed by atoms with Gasteiger partial charge in [0.05, 0.1) is 6.10 Å². The molecular weight excluding hydrogens is 232 g/mol. The molecule has 1 nitrogen and oxygen atoms in total. The maximum absolute atomic E-state index is 10.6. The number of rotatable bonds is 3. The molecule has 5 rings (SSSR count). The van der Waals surface area contributed by atoms with E-state index in [1.807, 2.05) is 0 Å². The molecule has 19 heavy (non-hydrogen) atoms. The molecule has 3 saturated carbocycles. The Kier molecular flexibility index (Phi) is 2.09. The topological polar surface area (TPSA) is 20.2 Å². The van der Waals surface area contributed by atoms with Gasteiger partial charge in [-0.25, -0.2) is 0 Å². The zero-order chi connectivity index (χ0) is 12.6. The van der Waals surface area contributed by atoms with Gasteiger partial charge in [-0.2, -0.15) is 0 Å². The number of aliphatic hydroxyl groups is 1. The number of aliphatic hydroxyl groups excluding tert-OH is 1. The molecule has 3 fully saturated rings. The first kappa shape index (κ1) is 10.9. The molecule has 0 aromatic heterocycles. The normalized spacial score (nSPS) is 46.4. The van der Waals surface area contributed by atoms with Crippen LogP contribution in [0.4, 0.5) is 0 Å². The smallest absolute Gasteiger partial charge is 0.0580 e. The summed E-state index contributed by atoms with van der Waals surface area (Å²) in [4.78, 5) is 0. The monoisotopic (exact) mass is 254 g/mol. The molecule has 1 N–H and O–H groups in total. The second-order valence-corrected chi connectivity index (χ2v) is 7.47. The zero-order valence-electron chi connectivity index (χ0n) is 11.3. The van der Waals surface area contributed by atoms with Crippen LogP contribution in [0.2, 0.25) is 0 Å². The Morgan fingerprint density at radius 1 is 1.11 bits per heavy atom. The molecule has 2 bridgehead atoms. The maximum Gasteiger partial charge on any atom is 0.0580 e. The van der Waals surface area contributed by atoms with E-state index in [4.69, 9.17) is 0 Å². The van der Waals surface area contributed by atoms with E-state index in [0.29, 0.717) is 11.8 Å². The van der Waals surface area contributed by atoms with E-state index in [-0.39, 0.29) is 6.10 Å². The second kappa shape index (κ2) is 3.63. The Labute approximate surface area is 115 Å². The number of hydrogen-bond acceptors (Lipinski definition) is 1. The molecule has 100 valence electrons. The van der Waals surface area contributed by atoms with Crippen molar-refractivity contribution in [2.45, 2.75) is 44.1 Å². The highest BCUT2D eigenvalue weighted by atomic mass is 16.3. The highest BCUT2D eigenvalue weighted by Crippen LogP contribution is 2.70.